The number of carbonyl (C=O) groups is 3. The number of methoxy groups -OCH3 is 1. The van der Waals surface area contributed by atoms with Crippen LogP contribution in [0.1, 0.15) is 80.1 Å². The molecule has 3 fully saturated rings. The smallest absolute Gasteiger partial charge is 0.410 e. The summed E-state index contributed by atoms with van der Waals surface area (Å²) in [4.78, 5) is 42.9. The van der Waals surface area contributed by atoms with Gasteiger partial charge < -0.3 is 25.3 Å². The second-order valence-corrected chi connectivity index (χ2v) is 15.3. The molecule has 5 rings (SSSR count). The zero-order valence-electron chi connectivity index (χ0n) is 30.8. The molecular formula is C37H55BN6O6. The third-order valence-corrected chi connectivity index (χ3v) is 11.4. The van der Waals surface area contributed by atoms with E-state index in [0.717, 1.165) is 30.5 Å². The molecule has 9 atom stereocenters. The van der Waals surface area contributed by atoms with Crippen molar-refractivity contribution in [1.82, 2.24) is 25.2 Å². The Morgan fingerprint density at radius 1 is 1.12 bits per heavy atom. The first kappa shape index (κ1) is 37.8. The minimum absolute atomic E-state index is 0.0941. The molecule has 3 N–H and O–H groups in total. The van der Waals surface area contributed by atoms with Crippen LogP contribution in [0.5, 0.6) is 0 Å². The van der Waals surface area contributed by atoms with Crippen LogP contribution >= 0.6 is 0 Å². The molecule has 3 aliphatic rings. The lowest BCUT2D eigenvalue weighted by atomic mass is 9.62. The van der Waals surface area contributed by atoms with Crippen molar-refractivity contribution in [3.05, 3.63) is 30.5 Å². The number of esters is 1. The van der Waals surface area contributed by atoms with Gasteiger partial charge in [-0.05, 0) is 95.6 Å². The van der Waals surface area contributed by atoms with Crippen molar-refractivity contribution in [3.8, 4) is 11.3 Å². The number of hydrogen-bond acceptors (Lipinski definition) is 10. The van der Waals surface area contributed by atoms with Gasteiger partial charge in [0.1, 0.15) is 23.5 Å². The number of benzene rings is 1. The van der Waals surface area contributed by atoms with Gasteiger partial charge in [-0.25, -0.2) is 4.79 Å². The molecule has 0 bridgehead atoms. The van der Waals surface area contributed by atoms with Crippen molar-refractivity contribution >= 4 is 31.4 Å². The molecule has 2 radical (unpaired) electrons. The highest BCUT2D eigenvalue weighted by Crippen LogP contribution is 2.45. The molecular weight excluding hydrogens is 635 g/mol. The molecule has 2 saturated heterocycles. The highest BCUT2D eigenvalue weighted by Gasteiger charge is 2.61. The largest absolute Gasteiger partial charge is 0.458 e. The Morgan fingerprint density at radius 3 is 2.50 bits per heavy atom. The standard InChI is InChI=1S/C37H55BN6O6/c1-8-29-37(6)33(44(35(47)50-37)17-10-9-16-43-21-28(41-42-43)26-12-11-13-27(39)18-26)30(25-14-15-25)40-20-22(2)19-36(5,48-7)32(38)23(3)31(45)24(4)34(46)49-29/h11-13,18,21-25,29-30,32-33,40H,8-10,14-17,19-20,39H2,1-7H3/t22-,23+,24-,29-,30-,32-,33-,36-,37-/m1/s1. The molecule has 0 spiro atoms. The predicted octanol–water partition coefficient (Wildman–Crippen LogP) is 4.82. The van der Waals surface area contributed by atoms with E-state index < -0.39 is 53.1 Å². The van der Waals surface area contributed by atoms with Crippen LogP contribution in [-0.2, 0) is 30.3 Å². The van der Waals surface area contributed by atoms with Crippen LogP contribution in [0.15, 0.2) is 30.5 Å². The summed E-state index contributed by atoms with van der Waals surface area (Å²) in [6.07, 6.45) is 5.25. The number of nitrogens with zero attached hydrogens (tertiary/aromatic N) is 4. The number of carbonyl (C=O) groups excluding carboxylic acids is 3. The van der Waals surface area contributed by atoms with Gasteiger partial charge in [0.25, 0.3) is 0 Å². The van der Waals surface area contributed by atoms with Gasteiger partial charge in [-0.3, -0.25) is 19.2 Å². The number of Topliss-reactive ketones (excluding diaryl/α,β-unsaturated/α-hetero) is 1. The molecule has 0 unspecified atom stereocenters. The summed E-state index contributed by atoms with van der Waals surface area (Å²) in [5.74, 6) is -2.78. The first-order valence-electron chi connectivity index (χ1n) is 18.3. The molecule has 1 amide bonds. The van der Waals surface area contributed by atoms with Crippen LogP contribution in [0, 0.1) is 23.7 Å². The number of unbranched alkanes of at least 4 members (excludes halogenated alkanes) is 1. The minimum atomic E-state index is -1.14. The predicted molar refractivity (Wildman–Crippen MR) is 191 cm³/mol. The Hall–Kier alpha value is -3.45. The Morgan fingerprint density at radius 2 is 1.84 bits per heavy atom. The molecule has 2 aliphatic heterocycles. The number of aryl methyl sites for hydroxylation is 1. The summed E-state index contributed by atoms with van der Waals surface area (Å²) in [6.45, 7) is 12.9. The maximum absolute atomic E-state index is 13.8. The van der Waals surface area contributed by atoms with E-state index in [1.165, 1.54) is 0 Å². The minimum Gasteiger partial charge on any atom is -0.458 e. The Kier molecular flexibility index (Phi) is 11.7. The molecule has 1 aliphatic carbocycles. The van der Waals surface area contributed by atoms with E-state index in [-0.39, 0.29) is 17.7 Å². The summed E-state index contributed by atoms with van der Waals surface area (Å²) >= 11 is 0. The second kappa shape index (κ2) is 15.4. The van der Waals surface area contributed by atoms with Gasteiger partial charge in [0.2, 0.25) is 0 Å². The molecule has 1 aromatic heterocycles. The highest BCUT2D eigenvalue weighted by molar-refractivity contribution is 6.15. The van der Waals surface area contributed by atoms with Crippen molar-refractivity contribution in [2.75, 3.05) is 25.9 Å². The lowest BCUT2D eigenvalue weighted by Gasteiger charge is -2.42. The van der Waals surface area contributed by atoms with E-state index in [1.807, 2.05) is 56.1 Å². The van der Waals surface area contributed by atoms with Crippen LogP contribution in [0.25, 0.3) is 11.3 Å². The fourth-order valence-electron chi connectivity index (χ4n) is 8.07. The summed E-state index contributed by atoms with van der Waals surface area (Å²) < 4.78 is 20.2. The second-order valence-electron chi connectivity index (χ2n) is 15.3. The number of ether oxygens (including phenoxy) is 3. The van der Waals surface area contributed by atoms with E-state index in [2.05, 4.69) is 22.6 Å². The third kappa shape index (κ3) is 7.88. The Bertz CT molecular complexity index is 1520. The van der Waals surface area contributed by atoms with Gasteiger partial charge in [-0.1, -0.05) is 38.1 Å². The summed E-state index contributed by atoms with van der Waals surface area (Å²) in [5, 5.41) is 12.5. The molecule has 13 heteroatoms. The number of fused-ring (bicyclic) bond motifs is 1. The number of nitrogen functional groups attached to an aromatic ring is 1. The van der Waals surface area contributed by atoms with E-state index in [1.54, 1.807) is 25.6 Å². The zero-order valence-corrected chi connectivity index (χ0v) is 30.8. The lowest BCUT2D eigenvalue weighted by molar-refractivity contribution is -0.170. The zero-order chi connectivity index (χ0) is 36.4. The maximum atomic E-state index is 13.8. The monoisotopic (exact) mass is 690 g/mol. The van der Waals surface area contributed by atoms with Crippen molar-refractivity contribution in [2.45, 2.75) is 122 Å². The van der Waals surface area contributed by atoms with Crippen molar-refractivity contribution in [2.24, 2.45) is 23.7 Å². The van der Waals surface area contributed by atoms with E-state index in [4.69, 9.17) is 27.8 Å². The number of nitrogens with one attached hydrogen (secondary N) is 1. The SMILES string of the molecule is [B][C@@H]1[C@@H](C)C(=O)[C@@H](C)C(=O)O[C@H](CC)[C@@]2(C)OC(=O)N(CCCCn3cc(-c4cccc(N)c4)nn3)[C@@H]2[C@@H](C2CC2)NC[C@H](C)C[C@@]1(C)OC. The first-order chi connectivity index (χ1) is 23.7. The molecule has 1 aromatic carbocycles. The fraction of sp³-hybridized carbons (Fsp3) is 0.703. The first-order valence-corrected chi connectivity index (χ1v) is 18.3. The van der Waals surface area contributed by atoms with Crippen molar-refractivity contribution in [3.63, 3.8) is 0 Å². The summed E-state index contributed by atoms with van der Waals surface area (Å²) in [6, 6.07) is 7.04. The van der Waals surface area contributed by atoms with Crippen LogP contribution in [0.4, 0.5) is 10.5 Å². The average molecular weight is 691 g/mol. The third-order valence-electron chi connectivity index (χ3n) is 11.4. The van der Waals surface area contributed by atoms with Crippen LogP contribution in [-0.4, -0.2) is 95.2 Å². The number of aromatic nitrogens is 3. The van der Waals surface area contributed by atoms with Gasteiger partial charge in [0.05, 0.1) is 25.7 Å². The van der Waals surface area contributed by atoms with Crippen molar-refractivity contribution < 1.29 is 28.6 Å². The lowest BCUT2D eigenvalue weighted by Crippen LogP contribution is -2.62. The average Bonchev–Trinajstić information content (AvgIpc) is 3.76. The number of ketones is 1. The van der Waals surface area contributed by atoms with Gasteiger partial charge in [-0.15, -0.1) is 5.10 Å². The van der Waals surface area contributed by atoms with Gasteiger partial charge >= 0.3 is 12.1 Å². The Labute approximate surface area is 297 Å². The molecule has 1 saturated carbocycles. The molecule has 2 aromatic rings. The van der Waals surface area contributed by atoms with E-state index >= 15 is 0 Å². The number of cyclic esters (lactones) is 1. The maximum Gasteiger partial charge on any atom is 0.410 e. The van der Waals surface area contributed by atoms with Gasteiger partial charge in [-0.2, -0.15) is 0 Å². The van der Waals surface area contributed by atoms with E-state index in [0.29, 0.717) is 50.5 Å². The normalized spacial score (nSPS) is 34.4. The Balaban J connectivity index is 1.39. The summed E-state index contributed by atoms with van der Waals surface area (Å²) in [7, 11) is 8.33. The van der Waals surface area contributed by atoms with Gasteiger partial charge in [0, 0.05) is 43.4 Å². The topological polar surface area (TPSA) is 151 Å². The summed E-state index contributed by atoms with van der Waals surface area (Å²) in [5.41, 5.74) is 6.32. The molecule has 272 valence electrons. The molecule has 12 nitrogen and oxygen atoms in total. The van der Waals surface area contributed by atoms with Crippen LogP contribution in [0.3, 0.4) is 0 Å². The number of rotatable bonds is 9. The quantitative estimate of drug-likeness (QED) is 0.123. The number of anilines is 1. The van der Waals surface area contributed by atoms with E-state index in [9.17, 15) is 14.4 Å². The number of amides is 1. The van der Waals surface area contributed by atoms with Gasteiger partial charge in [0.15, 0.2) is 5.60 Å². The molecule has 50 heavy (non-hydrogen) atoms. The molecule has 3 heterocycles. The highest BCUT2D eigenvalue weighted by atomic mass is 16.6. The number of nitrogens with two attached hydrogens (primary N) is 1. The van der Waals surface area contributed by atoms with Crippen molar-refractivity contribution in [1.29, 1.82) is 0 Å². The van der Waals surface area contributed by atoms with Crippen LogP contribution < -0.4 is 11.1 Å². The fourth-order valence-corrected chi connectivity index (χ4v) is 8.07. The van der Waals surface area contributed by atoms with Crippen LogP contribution in [0.2, 0.25) is 5.82 Å². The number of hydrogen-bond donors (Lipinski definition) is 2.